The van der Waals surface area contributed by atoms with Gasteiger partial charge in [-0.25, -0.2) is 9.48 Å². The van der Waals surface area contributed by atoms with Crippen LogP contribution < -0.4 is 0 Å². The van der Waals surface area contributed by atoms with Gasteiger partial charge in [-0.3, -0.25) is 0 Å². The van der Waals surface area contributed by atoms with Gasteiger partial charge in [-0.15, -0.1) is 5.10 Å². The third-order valence-electron chi connectivity index (χ3n) is 2.89. The molecule has 0 saturated carbocycles. The maximum atomic E-state index is 11.4. The van der Waals surface area contributed by atoms with Crippen molar-refractivity contribution in [2.45, 2.75) is 19.8 Å². The fourth-order valence-corrected chi connectivity index (χ4v) is 1.91. The fourth-order valence-electron chi connectivity index (χ4n) is 1.91. The predicted octanol–water partition coefficient (Wildman–Crippen LogP) is 1.88. The van der Waals surface area contributed by atoms with Gasteiger partial charge in [0.05, 0.1) is 24.1 Å². The fraction of sp³-hybridized carbons (Fsp3) is 0.286. The minimum absolute atomic E-state index is 0.337. The predicted molar refractivity (Wildman–Crippen MR) is 71.4 cm³/mol. The number of aromatic nitrogens is 3. The average molecular weight is 270 g/mol. The molecule has 0 aliphatic carbocycles. The van der Waals surface area contributed by atoms with E-state index in [4.69, 9.17) is 5.26 Å². The summed E-state index contributed by atoms with van der Waals surface area (Å²) in [7, 11) is 1.34. The molecule has 0 saturated heterocycles. The van der Waals surface area contributed by atoms with Crippen molar-refractivity contribution in [1.82, 2.24) is 15.0 Å². The summed E-state index contributed by atoms with van der Waals surface area (Å²) < 4.78 is 6.28. The minimum Gasteiger partial charge on any atom is -0.465 e. The van der Waals surface area contributed by atoms with E-state index in [0.29, 0.717) is 17.7 Å². The van der Waals surface area contributed by atoms with Gasteiger partial charge in [0.1, 0.15) is 6.07 Å². The highest BCUT2D eigenvalue weighted by Gasteiger charge is 2.13. The molecular formula is C14H14N4O2. The first kappa shape index (κ1) is 13.7. The molecule has 0 N–H and O–H groups in total. The molecular weight excluding hydrogens is 256 g/mol. The monoisotopic (exact) mass is 270 g/mol. The summed E-state index contributed by atoms with van der Waals surface area (Å²) in [6.07, 6.45) is 1.61. The molecule has 2 aromatic rings. The van der Waals surface area contributed by atoms with Crippen molar-refractivity contribution < 1.29 is 9.53 Å². The van der Waals surface area contributed by atoms with Crippen LogP contribution in [0.2, 0.25) is 0 Å². The van der Waals surface area contributed by atoms with Crippen LogP contribution in [0.5, 0.6) is 0 Å². The quantitative estimate of drug-likeness (QED) is 0.792. The third-order valence-corrected chi connectivity index (χ3v) is 2.89. The van der Waals surface area contributed by atoms with Crippen LogP contribution in [0.1, 0.15) is 35.1 Å². The zero-order valence-electron chi connectivity index (χ0n) is 11.3. The Hall–Kier alpha value is -2.68. The second-order valence-electron chi connectivity index (χ2n) is 4.20. The molecule has 0 aliphatic heterocycles. The molecule has 2 rings (SSSR count). The van der Waals surface area contributed by atoms with Crippen LogP contribution in [0.25, 0.3) is 5.69 Å². The van der Waals surface area contributed by atoms with E-state index in [9.17, 15) is 4.79 Å². The summed E-state index contributed by atoms with van der Waals surface area (Å²) in [6, 6.07) is 8.86. The summed E-state index contributed by atoms with van der Waals surface area (Å²) in [6.45, 7) is 2.03. The zero-order chi connectivity index (χ0) is 14.5. The number of nitrogens with zero attached hydrogens (tertiary/aromatic N) is 4. The second kappa shape index (κ2) is 5.97. The molecule has 0 spiro atoms. The molecule has 0 fully saturated rings. The molecule has 0 amide bonds. The highest BCUT2D eigenvalue weighted by atomic mass is 16.5. The number of carbonyl (C=O) groups is 1. The van der Waals surface area contributed by atoms with Crippen molar-refractivity contribution in [3.63, 3.8) is 0 Å². The third kappa shape index (κ3) is 2.52. The van der Waals surface area contributed by atoms with E-state index in [1.165, 1.54) is 7.11 Å². The van der Waals surface area contributed by atoms with E-state index >= 15 is 0 Å². The van der Waals surface area contributed by atoms with E-state index in [2.05, 4.69) is 15.0 Å². The van der Waals surface area contributed by atoms with Crippen LogP contribution in [-0.2, 0) is 11.2 Å². The second-order valence-corrected chi connectivity index (χ2v) is 4.20. The van der Waals surface area contributed by atoms with E-state index in [1.54, 1.807) is 28.9 Å². The van der Waals surface area contributed by atoms with Crippen LogP contribution in [0, 0.1) is 11.3 Å². The molecule has 0 atom stereocenters. The highest BCUT2D eigenvalue weighted by molar-refractivity contribution is 5.89. The summed E-state index contributed by atoms with van der Waals surface area (Å²) in [5, 5.41) is 16.9. The Labute approximate surface area is 116 Å². The Balaban J connectivity index is 2.39. The van der Waals surface area contributed by atoms with Crippen molar-refractivity contribution in [3.05, 3.63) is 41.2 Å². The van der Waals surface area contributed by atoms with Crippen LogP contribution >= 0.6 is 0 Å². The highest BCUT2D eigenvalue weighted by Crippen LogP contribution is 2.15. The molecule has 1 aromatic heterocycles. The first-order valence-electron chi connectivity index (χ1n) is 6.24. The van der Waals surface area contributed by atoms with Crippen molar-refractivity contribution in [2.75, 3.05) is 7.11 Å². The Bertz CT molecular complexity index is 653. The molecule has 0 bridgehead atoms. The smallest absolute Gasteiger partial charge is 0.337 e. The van der Waals surface area contributed by atoms with Gasteiger partial charge in [0.25, 0.3) is 0 Å². The lowest BCUT2D eigenvalue weighted by atomic mass is 10.2. The van der Waals surface area contributed by atoms with Crippen LogP contribution in [0.3, 0.4) is 0 Å². The molecule has 102 valence electrons. The molecule has 0 radical (unpaired) electrons. The number of esters is 1. The summed E-state index contributed by atoms with van der Waals surface area (Å²) in [5.74, 6) is -0.387. The Kier molecular flexibility index (Phi) is 4.11. The van der Waals surface area contributed by atoms with Gasteiger partial charge < -0.3 is 4.74 Å². The van der Waals surface area contributed by atoms with E-state index in [0.717, 1.165) is 17.8 Å². The molecule has 0 unspecified atom stereocenters. The molecule has 20 heavy (non-hydrogen) atoms. The molecule has 0 aliphatic rings. The number of rotatable bonds is 4. The normalized spacial score (nSPS) is 10.1. The minimum atomic E-state index is -0.387. The number of hydrogen-bond acceptors (Lipinski definition) is 5. The van der Waals surface area contributed by atoms with E-state index in [1.807, 2.05) is 13.0 Å². The van der Waals surface area contributed by atoms with Gasteiger partial charge in [0.15, 0.2) is 5.69 Å². The first-order chi connectivity index (χ1) is 9.71. The lowest BCUT2D eigenvalue weighted by Crippen LogP contribution is -2.05. The van der Waals surface area contributed by atoms with Crippen molar-refractivity contribution in [1.29, 1.82) is 5.26 Å². The Morgan fingerprint density at radius 1 is 1.40 bits per heavy atom. The number of ether oxygens (including phenoxy) is 1. The standard InChI is InChI=1S/C14H14N4O2/c1-3-4-13-12(9-15)16-17-18(13)11-7-5-10(6-8-11)14(19)20-2/h5-8H,3-4H2,1-2H3. The van der Waals surface area contributed by atoms with Gasteiger partial charge in [-0.05, 0) is 30.7 Å². The van der Waals surface area contributed by atoms with E-state index in [-0.39, 0.29) is 5.97 Å². The van der Waals surface area contributed by atoms with Crippen LogP contribution in [0.15, 0.2) is 24.3 Å². The maximum absolute atomic E-state index is 11.4. The molecule has 6 nitrogen and oxygen atoms in total. The Morgan fingerprint density at radius 2 is 2.10 bits per heavy atom. The molecule has 1 aromatic carbocycles. The number of nitriles is 1. The molecule has 6 heteroatoms. The lowest BCUT2D eigenvalue weighted by molar-refractivity contribution is 0.0601. The topological polar surface area (TPSA) is 80.8 Å². The first-order valence-corrected chi connectivity index (χ1v) is 6.24. The number of carbonyl (C=O) groups excluding carboxylic acids is 1. The number of methoxy groups -OCH3 is 1. The van der Waals surface area contributed by atoms with Crippen molar-refractivity contribution in [2.24, 2.45) is 0 Å². The largest absolute Gasteiger partial charge is 0.465 e. The summed E-state index contributed by atoms with van der Waals surface area (Å²) in [5.41, 5.74) is 2.34. The van der Waals surface area contributed by atoms with Gasteiger partial charge in [0, 0.05) is 0 Å². The maximum Gasteiger partial charge on any atom is 0.337 e. The van der Waals surface area contributed by atoms with Crippen LogP contribution in [0.4, 0.5) is 0 Å². The van der Waals surface area contributed by atoms with Gasteiger partial charge in [-0.1, -0.05) is 18.6 Å². The molecule has 1 heterocycles. The summed E-state index contributed by atoms with van der Waals surface area (Å²) in [4.78, 5) is 11.4. The van der Waals surface area contributed by atoms with Gasteiger partial charge in [0.2, 0.25) is 0 Å². The average Bonchev–Trinajstić information content (AvgIpc) is 2.90. The number of benzene rings is 1. The van der Waals surface area contributed by atoms with Gasteiger partial charge >= 0.3 is 5.97 Å². The lowest BCUT2D eigenvalue weighted by Gasteiger charge is -2.06. The van der Waals surface area contributed by atoms with E-state index < -0.39 is 0 Å². The Morgan fingerprint density at radius 3 is 2.65 bits per heavy atom. The summed E-state index contributed by atoms with van der Waals surface area (Å²) >= 11 is 0. The van der Waals surface area contributed by atoms with Gasteiger partial charge in [-0.2, -0.15) is 5.26 Å². The zero-order valence-corrected chi connectivity index (χ0v) is 11.3. The number of hydrogen-bond donors (Lipinski definition) is 0. The van der Waals surface area contributed by atoms with Crippen molar-refractivity contribution >= 4 is 5.97 Å². The SMILES string of the molecule is CCCc1c(C#N)nnn1-c1ccc(C(=O)OC)cc1. The van der Waals surface area contributed by atoms with Crippen molar-refractivity contribution in [3.8, 4) is 11.8 Å². The van der Waals surface area contributed by atoms with Crippen LogP contribution in [-0.4, -0.2) is 28.1 Å².